The van der Waals surface area contributed by atoms with Crippen LogP contribution in [0.2, 0.25) is 0 Å². The number of rotatable bonds is 2. The molecular weight excluding hydrogens is 354 g/mol. The van der Waals surface area contributed by atoms with Gasteiger partial charge >= 0.3 is 0 Å². The molecule has 0 radical (unpaired) electrons. The zero-order valence-corrected chi connectivity index (χ0v) is 17.4. The van der Waals surface area contributed by atoms with Crippen LogP contribution in [-0.2, 0) is 6.42 Å². The van der Waals surface area contributed by atoms with Gasteiger partial charge in [0, 0.05) is 22.6 Å². The zero-order valence-electron chi connectivity index (χ0n) is 17.4. The summed E-state index contributed by atoms with van der Waals surface area (Å²) in [6.07, 6.45) is 20.0. The Balaban J connectivity index is 1.42. The standard InChI is InChI=1S/C27H29NO/c1-27(2)19-11-5-3-9-17(19)25-20(27)12-7-13-21(25)28-22-14-8-16-24-26(22)18-10-4-6-15-23(18)29-24/h6-9,12-16,19,21,25,28H,3-5,10-11H2,1-2H3. The maximum Gasteiger partial charge on any atom is 0.137 e. The van der Waals surface area contributed by atoms with E-state index in [2.05, 4.69) is 73.8 Å². The van der Waals surface area contributed by atoms with Crippen LogP contribution in [0.4, 0.5) is 5.69 Å². The van der Waals surface area contributed by atoms with Crippen molar-refractivity contribution in [3.05, 3.63) is 71.0 Å². The number of fused-ring (bicyclic) bond motifs is 6. The van der Waals surface area contributed by atoms with Crippen molar-refractivity contribution in [2.45, 2.75) is 52.0 Å². The third kappa shape index (κ3) is 2.48. The Kier molecular flexibility index (Phi) is 3.75. The number of nitrogens with one attached hydrogen (secondary N) is 1. The van der Waals surface area contributed by atoms with E-state index >= 15 is 0 Å². The van der Waals surface area contributed by atoms with Crippen molar-refractivity contribution in [2.24, 2.45) is 17.3 Å². The summed E-state index contributed by atoms with van der Waals surface area (Å²) in [5.41, 5.74) is 7.13. The van der Waals surface area contributed by atoms with Crippen LogP contribution in [0.3, 0.4) is 0 Å². The van der Waals surface area contributed by atoms with Crippen molar-refractivity contribution in [3.8, 4) is 0 Å². The summed E-state index contributed by atoms with van der Waals surface area (Å²) in [6, 6.07) is 6.76. The number of hydrogen-bond donors (Lipinski definition) is 1. The maximum absolute atomic E-state index is 6.16. The fraction of sp³-hybridized carbons (Fsp3) is 0.407. The van der Waals surface area contributed by atoms with Gasteiger partial charge in [0.2, 0.25) is 0 Å². The first-order chi connectivity index (χ1) is 14.1. The SMILES string of the molecule is CC1(C)C2=CC=CC(Nc3cccc4oc5c(c34)CCC=C5)C2C2=CCCCC21. The van der Waals surface area contributed by atoms with Crippen molar-refractivity contribution in [1.29, 1.82) is 0 Å². The fourth-order valence-corrected chi connectivity index (χ4v) is 6.37. The molecule has 0 aliphatic heterocycles. The van der Waals surface area contributed by atoms with E-state index in [1.165, 1.54) is 35.9 Å². The van der Waals surface area contributed by atoms with Crippen LogP contribution in [-0.4, -0.2) is 6.04 Å². The topological polar surface area (TPSA) is 25.2 Å². The predicted molar refractivity (Wildman–Crippen MR) is 121 cm³/mol. The highest BCUT2D eigenvalue weighted by atomic mass is 16.3. The molecule has 1 fully saturated rings. The van der Waals surface area contributed by atoms with Crippen LogP contribution in [0.25, 0.3) is 17.0 Å². The number of hydrogen-bond acceptors (Lipinski definition) is 2. The molecule has 1 heterocycles. The van der Waals surface area contributed by atoms with Crippen molar-refractivity contribution in [3.63, 3.8) is 0 Å². The lowest BCUT2D eigenvalue weighted by molar-refractivity contribution is 0.310. The van der Waals surface area contributed by atoms with Gasteiger partial charge < -0.3 is 9.73 Å². The van der Waals surface area contributed by atoms with E-state index in [0.29, 0.717) is 17.9 Å². The summed E-state index contributed by atoms with van der Waals surface area (Å²) >= 11 is 0. The molecule has 1 aromatic carbocycles. The average Bonchev–Trinajstić information content (AvgIpc) is 3.23. The molecule has 0 saturated heterocycles. The van der Waals surface area contributed by atoms with Crippen LogP contribution in [0.5, 0.6) is 0 Å². The third-order valence-electron chi connectivity index (χ3n) is 7.74. The molecule has 29 heavy (non-hydrogen) atoms. The van der Waals surface area contributed by atoms with Gasteiger partial charge in [-0.25, -0.2) is 0 Å². The normalized spacial score (nSPS) is 29.1. The number of benzene rings is 1. The molecule has 1 saturated carbocycles. The van der Waals surface area contributed by atoms with Gasteiger partial charge in [0.05, 0.1) is 6.04 Å². The summed E-state index contributed by atoms with van der Waals surface area (Å²) in [4.78, 5) is 0. The summed E-state index contributed by atoms with van der Waals surface area (Å²) in [5, 5.41) is 5.23. The van der Waals surface area contributed by atoms with Crippen LogP contribution < -0.4 is 5.32 Å². The van der Waals surface area contributed by atoms with E-state index in [-0.39, 0.29) is 5.41 Å². The van der Waals surface area contributed by atoms with Crippen molar-refractivity contribution < 1.29 is 4.42 Å². The molecule has 4 aliphatic rings. The molecule has 2 heteroatoms. The highest BCUT2D eigenvalue weighted by molar-refractivity contribution is 5.96. The number of allylic oxidation sites excluding steroid dienone is 4. The predicted octanol–water partition coefficient (Wildman–Crippen LogP) is 7.05. The summed E-state index contributed by atoms with van der Waals surface area (Å²) in [7, 11) is 0. The monoisotopic (exact) mass is 383 g/mol. The third-order valence-corrected chi connectivity index (χ3v) is 7.74. The van der Waals surface area contributed by atoms with Crippen LogP contribution in [0.1, 0.15) is 50.9 Å². The number of aryl methyl sites for hydroxylation is 1. The minimum Gasteiger partial charge on any atom is -0.456 e. The Morgan fingerprint density at radius 1 is 1.17 bits per heavy atom. The Bertz CT molecular complexity index is 1110. The Morgan fingerprint density at radius 3 is 3.03 bits per heavy atom. The Hall–Kier alpha value is -2.48. The van der Waals surface area contributed by atoms with Crippen LogP contribution >= 0.6 is 0 Å². The molecule has 3 unspecified atom stereocenters. The molecule has 148 valence electrons. The molecular formula is C27H29NO. The minimum atomic E-state index is 0.257. The Morgan fingerprint density at radius 2 is 2.10 bits per heavy atom. The van der Waals surface area contributed by atoms with Crippen molar-refractivity contribution >= 4 is 22.7 Å². The fourth-order valence-electron chi connectivity index (χ4n) is 6.37. The van der Waals surface area contributed by atoms with Gasteiger partial charge in [0.15, 0.2) is 0 Å². The lowest BCUT2D eigenvalue weighted by Crippen LogP contribution is -2.30. The van der Waals surface area contributed by atoms with E-state index in [1.807, 2.05) is 0 Å². The summed E-state index contributed by atoms with van der Waals surface area (Å²) in [5.74, 6) is 2.22. The summed E-state index contributed by atoms with van der Waals surface area (Å²) < 4.78 is 6.16. The minimum absolute atomic E-state index is 0.257. The highest BCUT2D eigenvalue weighted by Crippen LogP contribution is 2.59. The molecule has 0 spiro atoms. The first-order valence-corrected chi connectivity index (χ1v) is 11.2. The molecule has 6 rings (SSSR count). The van der Waals surface area contributed by atoms with Gasteiger partial charge in [-0.05, 0) is 61.6 Å². The van der Waals surface area contributed by atoms with Crippen LogP contribution in [0.15, 0.2) is 64.1 Å². The molecule has 1 N–H and O–H groups in total. The molecule has 0 amide bonds. The second kappa shape index (κ2) is 6.26. The van der Waals surface area contributed by atoms with E-state index in [4.69, 9.17) is 4.42 Å². The highest BCUT2D eigenvalue weighted by Gasteiger charge is 2.51. The van der Waals surface area contributed by atoms with E-state index in [9.17, 15) is 0 Å². The van der Waals surface area contributed by atoms with E-state index in [0.717, 1.165) is 24.2 Å². The summed E-state index contributed by atoms with van der Waals surface area (Å²) in [6.45, 7) is 4.91. The second-order valence-corrected chi connectivity index (χ2v) is 9.63. The quantitative estimate of drug-likeness (QED) is 0.562. The van der Waals surface area contributed by atoms with Gasteiger partial charge in [-0.15, -0.1) is 0 Å². The van der Waals surface area contributed by atoms with Gasteiger partial charge in [-0.1, -0.05) is 61.4 Å². The molecule has 0 bridgehead atoms. The molecule has 1 aromatic heterocycles. The lowest BCUT2D eigenvalue weighted by atomic mass is 9.74. The van der Waals surface area contributed by atoms with Crippen molar-refractivity contribution in [1.82, 2.24) is 0 Å². The molecule has 2 nitrogen and oxygen atoms in total. The average molecular weight is 384 g/mol. The first-order valence-electron chi connectivity index (χ1n) is 11.2. The first kappa shape index (κ1) is 17.4. The molecule has 4 aliphatic carbocycles. The molecule has 2 aromatic rings. The van der Waals surface area contributed by atoms with Crippen molar-refractivity contribution in [2.75, 3.05) is 5.32 Å². The largest absolute Gasteiger partial charge is 0.456 e. The van der Waals surface area contributed by atoms with Gasteiger partial charge in [0.1, 0.15) is 11.3 Å². The Labute approximate surface area is 173 Å². The number of anilines is 1. The van der Waals surface area contributed by atoms with E-state index < -0.39 is 0 Å². The smallest absolute Gasteiger partial charge is 0.137 e. The second-order valence-electron chi connectivity index (χ2n) is 9.63. The number of furan rings is 1. The van der Waals surface area contributed by atoms with Gasteiger partial charge in [-0.3, -0.25) is 0 Å². The molecule has 3 atom stereocenters. The lowest BCUT2D eigenvalue weighted by Gasteiger charge is -2.31. The zero-order chi connectivity index (χ0) is 19.6. The maximum atomic E-state index is 6.16. The van der Waals surface area contributed by atoms with Crippen LogP contribution in [0, 0.1) is 17.3 Å². The van der Waals surface area contributed by atoms with Gasteiger partial charge in [0.25, 0.3) is 0 Å². The van der Waals surface area contributed by atoms with E-state index in [1.54, 1.807) is 11.1 Å². The van der Waals surface area contributed by atoms with Gasteiger partial charge in [-0.2, -0.15) is 0 Å².